The van der Waals surface area contributed by atoms with Crippen LogP contribution in [0.3, 0.4) is 0 Å². The zero-order valence-corrected chi connectivity index (χ0v) is 23.5. The molecule has 2 aromatic rings. The number of nitrogens with zero attached hydrogens (tertiary/aromatic N) is 4. The molecular weight excluding hydrogens is 464 g/mol. The third-order valence-electron chi connectivity index (χ3n) is 8.62. The van der Waals surface area contributed by atoms with E-state index in [1.165, 1.54) is 73.2 Å². The largest absolute Gasteiger partial charge is 0.372 e. The maximum absolute atomic E-state index is 10.2. The minimum atomic E-state index is -0.376. The molecule has 4 rings (SSSR count). The van der Waals surface area contributed by atoms with E-state index in [1.807, 2.05) is 6.07 Å². The second-order valence-electron chi connectivity index (χ2n) is 10.8. The normalized spacial score (nSPS) is 19.1. The van der Waals surface area contributed by atoms with Gasteiger partial charge in [0.05, 0.1) is 24.5 Å². The molecule has 0 amide bonds. The van der Waals surface area contributed by atoms with Gasteiger partial charge >= 0.3 is 0 Å². The van der Waals surface area contributed by atoms with Gasteiger partial charge in [0.1, 0.15) is 0 Å². The third kappa shape index (κ3) is 5.56. The van der Waals surface area contributed by atoms with Crippen LogP contribution in [0.15, 0.2) is 48.5 Å². The first-order chi connectivity index (χ1) is 18.6. The summed E-state index contributed by atoms with van der Waals surface area (Å²) in [4.78, 5) is 6.14. The molecule has 1 heterocycles. The van der Waals surface area contributed by atoms with Crippen LogP contribution in [0, 0.1) is 17.9 Å². The maximum atomic E-state index is 10.2. The maximum Gasteiger partial charge on any atom is 0.207 e. The SMILES string of the molecule is [C-]#[N+]c1ccc2c(c1)C(CC#N)(CCCCCC)C(/C=C/c1ccc(N(CC)CC)cc1)=[N+]2C1CCCC1. The molecule has 1 aliphatic carbocycles. The Morgan fingerprint density at radius 1 is 1.03 bits per heavy atom. The number of unbranched alkanes of at least 4 members (excludes halogenated alkanes) is 3. The van der Waals surface area contributed by atoms with Crippen molar-refractivity contribution in [3.05, 3.63) is 71.1 Å². The van der Waals surface area contributed by atoms with Crippen molar-refractivity contribution in [2.24, 2.45) is 0 Å². The van der Waals surface area contributed by atoms with Gasteiger partial charge in [0.25, 0.3) is 0 Å². The second kappa shape index (κ2) is 12.9. The number of hydrogen-bond acceptors (Lipinski definition) is 2. The van der Waals surface area contributed by atoms with Crippen LogP contribution in [0.5, 0.6) is 0 Å². The second-order valence-corrected chi connectivity index (χ2v) is 10.8. The topological polar surface area (TPSA) is 34.4 Å². The molecule has 1 saturated carbocycles. The van der Waals surface area contributed by atoms with Gasteiger partial charge in [-0.25, -0.2) is 4.85 Å². The Morgan fingerprint density at radius 3 is 2.39 bits per heavy atom. The van der Waals surface area contributed by atoms with Crippen LogP contribution in [0.4, 0.5) is 17.1 Å². The monoisotopic (exact) mass is 507 g/mol. The lowest BCUT2D eigenvalue weighted by Gasteiger charge is -2.25. The average molecular weight is 508 g/mol. The summed E-state index contributed by atoms with van der Waals surface area (Å²) in [6.45, 7) is 16.3. The van der Waals surface area contributed by atoms with Gasteiger partial charge in [0.2, 0.25) is 5.69 Å². The van der Waals surface area contributed by atoms with Crippen molar-refractivity contribution in [2.45, 2.75) is 96.4 Å². The smallest absolute Gasteiger partial charge is 0.207 e. The van der Waals surface area contributed by atoms with Crippen molar-refractivity contribution in [1.29, 1.82) is 5.26 Å². The predicted molar refractivity (Wildman–Crippen MR) is 160 cm³/mol. The molecule has 1 fully saturated rings. The predicted octanol–water partition coefficient (Wildman–Crippen LogP) is 8.96. The van der Waals surface area contributed by atoms with E-state index in [9.17, 15) is 5.26 Å². The molecular formula is C34H43N4+. The highest BCUT2D eigenvalue weighted by molar-refractivity contribution is 6.06. The van der Waals surface area contributed by atoms with Gasteiger partial charge < -0.3 is 4.90 Å². The highest BCUT2D eigenvalue weighted by Gasteiger charge is 2.52. The zero-order chi connectivity index (χ0) is 27.0. The van der Waals surface area contributed by atoms with Crippen molar-refractivity contribution < 1.29 is 4.58 Å². The molecule has 38 heavy (non-hydrogen) atoms. The lowest BCUT2D eigenvalue weighted by molar-refractivity contribution is -0.480. The lowest BCUT2D eigenvalue weighted by Crippen LogP contribution is -2.36. The molecule has 0 bridgehead atoms. The van der Waals surface area contributed by atoms with Crippen LogP contribution < -0.4 is 4.90 Å². The molecule has 1 aliphatic heterocycles. The van der Waals surface area contributed by atoms with Crippen LogP contribution in [-0.2, 0) is 5.41 Å². The van der Waals surface area contributed by atoms with Crippen LogP contribution in [0.1, 0.15) is 96.1 Å². The Hall–Kier alpha value is -3.37. The van der Waals surface area contributed by atoms with Crippen molar-refractivity contribution in [3.63, 3.8) is 0 Å². The lowest BCUT2D eigenvalue weighted by atomic mass is 9.71. The molecule has 1 unspecified atom stereocenters. The van der Waals surface area contributed by atoms with E-state index in [1.54, 1.807) is 0 Å². The minimum absolute atomic E-state index is 0.376. The van der Waals surface area contributed by atoms with Gasteiger partial charge in [-0.15, -0.1) is 0 Å². The number of nitriles is 1. The van der Waals surface area contributed by atoms with Crippen molar-refractivity contribution in [3.8, 4) is 6.07 Å². The number of rotatable bonds is 12. The molecule has 1 atom stereocenters. The Morgan fingerprint density at radius 2 is 1.76 bits per heavy atom. The summed E-state index contributed by atoms with van der Waals surface area (Å²) in [6, 6.07) is 18.1. The molecule has 4 nitrogen and oxygen atoms in total. The first-order valence-corrected chi connectivity index (χ1v) is 14.7. The quantitative estimate of drug-likeness (QED) is 0.163. The van der Waals surface area contributed by atoms with E-state index in [-0.39, 0.29) is 5.41 Å². The van der Waals surface area contributed by atoms with Gasteiger partial charge in [-0.2, -0.15) is 9.84 Å². The van der Waals surface area contributed by atoms with E-state index in [4.69, 9.17) is 6.57 Å². The average Bonchev–Trinajstić information content (AvgIpc) is 3.56. The fourth-order valence-electron chi connectivity index (χ4n) is 6.57. The van der Waals surface area contributed by atoms with Crippen LogP contribution >= 0.6 is 0 Å². The Labute approximate surface area is 230 Å². The van der Waals surface area contributed by atoms with Crippen molar-refractivity contribution in [1.82, 2.24) is 0 Å². The van der Waals surface area contributed by atoms with Crippen LogP contribution in [0.25, 0.3) is 10.9 Å². The summed E-state index contributed by atoms with van der Waals surface area (Å²) in [5.41, 5.74) is 6.38. The zero-order valence-electron chi connectivity index (χ0n) is 23.5. The van der Waals surface area contributed by atoms with Crippen molar-refractivity contribution >= 4 is 28.8 Å². The fraction of sp³-hybridized carbons (Fsp3) is 0.500. The number of benzene rings is 2. The van der Waals surface area contributed by atoms with E-state index < -0.39 is 0 Å². The van der Waals surface area contributed by atoms with Crippen LogP contribution in [0.2, 0.25) is 0 Å². The Kier molecular flexibility index (Phi) is 9.41. The third-order valence-corrected chi connectivity index (χ3v) is 8.62. The summed E-state index contributed by atoms with van der Waals surface area (Å²) in [7, 11) is 0. The van der Waals surface area contributed by atoms with Crippen LogP contribution in [-0.4, -0.2) is 29.4 Å². The number of hydrogen-bond donors (Lipinski definition) is 0. The van der Waals surface area contributed by atoms with Gasteiger partial charge in [0.15, 0.2) is 17.4 Å². The highest BCUT2D eigenvalue weighted by Crippen LogP contribution is 2.49. The Balaban J connectivity index is 1.82. The minimum Gasteiger partial charge on any atom is -0.372 e. The molecule has 2 aliphatic rings. The van der Waals surface area contributed by atoms with E-state index in [2.05, 4.69) is 89.7 Å². The summed E-state index contributed by atoms with van der Waals surface area (Å²) in [6.07, 6.45) is 15.5. The van der Waals surface area contributed by atoms with E-state index in [0.717, 1.165) is 25.9 Å². The number of fused-ring (bicyclic) bond motifs is 1. The summed E-state index contributed by atoms with van der Waals surface area (Å²) in [5, 5.41) is 10.2. The first-order valence-electron chi connectivity index (χ1n) is 14.7. The number of allylic oxidation sites excluding steroid dienone is 1. The molecule has 198 valence electrons. The van der Waals surface area contributed by atoms with Gasteiger partial charge in [-0.3, -0.25) is 0 Å². The number of anilines is 1. The summed E-state index contributed by atoms with van der Waals surface area (Å²) < 4.78 is 2.56. The first kappa shape index (κ1) is 27.7. The standard InChI is InChI=1S/C34H43N4/c1-5-8-9-12-23-34(24-25-35)31-26-28(36-4)18-21-32(31)38(30-13-10-11-14-30)33(34)22-17-27-15-19-29(20-16-27)37(6-2)7-3/h15-22,26,30H,5-14,23-24H2,1-3H3/q+1. The molecule has 0 saturated heterocycles. The summed E-state index contributed by atoms with van der Waals surface area (Å²) >= 11 is 0. The van der Waals surface area contributed by atoms with Crippen molar-refractivity contribution in [2.75, 3.05) is 18.0 Å². The van der Waals surface area contributed by atoms with Gasteiger partial charge in [0, 0.05) is 43.3 Å². The molecule has 0 radical (unpaired) electrons. The van der Waals surface area contributed by atoms with Gasteiger partial charge in [-0.05, 0) is 75.1 Å². The molecule has 0 spiro atoms. The van der Waals surface area contributed by atoms with E-state index in [0.29, 0.717) is 18.2 Å². The Bertz CT molecular complexity index is 1230. The highest BCUT2D eigenvalue weighted by atomic mass is 15.1. The molecule has 2 aromatic carbocycles. The van der Waals surface area contributed by atoms with Gasteiger partial charge in [-0.1, -0.05) is 44.7 Å². The summed E-state index contributed by atoms with van der Waals surface area (Å²) in [5.74, 6) is 0. The molecule has 0 N–H and O–H groups in total. The fourth-order valence-corrected chi connectivity index (χ4v) is 6.57. The molecule has 4 heteroatoms. The van der Waals surface area contributed by atoms with E-state index >= 15 is 0 Å². The molecule has 0 aromatic heterocycles.